The number of benzene rings is 2. The minimum atomic E-state index is -4.07. The summed E-state index contributed by atoms with van der Waals surface area (Å²) in [6.07, 6.45) is 0. The Balaban J connectivity index is 2.60. The third kappa shape index (κ3) is 4.85. The van der Waals surface area contributed by atoms with Crippen molar-refractivity contribution in [3.05, 3.63) is 46.0 Å². The fourth-order valence-electron chi connectivity index (χ4n) is 3.11. The quantitative estimate of drug-likeness (QED) is 0.578. The van der Waals surface area contributed by atoms with E-state index in [0.29, 0.717) is 17.7 Å². The molecule has 164 valence electrons. The van der Waals surface area contributed by atoms with E-state index >= 15 is 0 Å². The standard InChI is InChI=1S/C21H27NO7S/c1-12-9-13(2)15(4)20(14(12)3)30(25,26)22-17-11-19(29-8-7-27-5)18(28-6)10-16(17)21(23)24/h9-11,22H,7-8H2,1-6H3,(H,23,24). The van der Waals surface area contributed by atoms with Gasteiger partial charge in [-0.15, -0.1) is 0 Å². The number of methoxy groups -OCH3 is 2. The molecule has 0 aliphatic rings. The number of carbonyl (C=O) groups is 1. The zero-order valence-corrected chi connectivity index (χ0v) is 18.8. The average Bonchev–Trinajstić information content (AvgIpc) is 2.66. The van der Waals surface area contributed by atoms with Gasteiger partial charge in [0.15, 0.2) is 11.5 Å². The zero-order chi connectivity index (χ0) is 22.6. The third-order valence-corrected chi connectivity index (χ3v) is 6.53. The lowest BCUT2D eigenvalue weighted by Gasteiger charge is -2.19. The van der Waals surface area contributed by atoms with Crippen LogP contribution in [0.4, 0.5) is 5.69 Å². The first kappa shape index (κ1) is 23.5. The molecule has 9 heteroatoms. The molecule has 0 aliphatic heterocycles. The van der Waals surface area contributed by atoms with Gasteiger partial charge >= 0.3 is 5.97 Å². The van der Waals surface area contributed by atoms with Crippen LogP contribution in [0.5, 0.6) is 11.5 Å². The molecule has 0 radical (unpaired) electrons. The lowest BCUT2D eigenvalue weighted by molar-refractivity contribution is 0.0697. The number of hydrogen-bond donors (Lipinski definition) is 2. The van der Waals surface area contributed by atoms with E-state index in [1.807, 2.05) is 19.9 Å². The van der Waals surface area contributed by atoms with Gasteiger partial charge in [-0.05, 0) is 49.9 Å². The summed E-state index contributed by atoms with van der Waals surface area (Å²) < 4.78 is 44.6. The van der Waals surface area contributed by atoms with Crippen molar-refractivity contribution in [3.8, 4) is 11.5 Å². The molecule has 0 bridgehead atoms. The Morgan fingerprint density at radius 3 is 2.07 bits per heavy atom. The highest BCUT2D eigenvalue weighted by molar-refractivity contribution is 7.92. The van der Waals surface area contributed by atoms with E-state index in [2.05, 4.69) is 4.72 Å². The Labute approximate surface area is 176 Å². The molecule has 0 heterocycles. The van der Waals surface area contributed by atoms with Crippen LogP contribution >= 0.6 is 0 Å². The number of anilines is 1. The Morgan fingerprint density at radius 1 is 0.967 bits per heavy atom. The van der Waals surface area contributed by atoms with Crippen LogP contribution in [0.1, 0.15) is 32.6 Å². The Kier molecular flexibility index (Phi) is 7.33. The van der Waals surface area contributed by atoms with Crippen molar-refractivity contribution in [2.24, 2.45) is 0 Å². The zero-order valence-electron chi connectivity index (χ0n) is 18.0. The predicted octanol–water partition coefficient (Wildman–Crippen LogP) is 3.45. The van der Waals surface area contributed by atoms with Crippen molar-refractivity contribution >= 4 is 21.7 Å². The Hall–Kier alpha value is -2.78. The predicted molar refractivity (Wildman–Crippen MR) is 114 cm³/mol. The maximum absolute atomic E-state index is 13.3. The van der Waals surface area contributed by atoms with Crippen LogP contribution in [0.15, 0.2) is 23.1 Å². The molecule has 30 heavy (non-hydrogen) atoms. The molecular formula is C21H27NO7S. The summed E-state index contributed by atoms with van der Waals surface area (Å²) in [7, 11) is -1.18. The normalized spacial score (nSPS) is 11.3. The SMILES string of the molecule is COCCOc1cc(NS(=O)(=O)c2c(C)c(C)cc(C)c2C)c(C(=O)O)cc1OC. The lowest BCUT2D eigenvalue weighted by atomic mass is 10.0. The van der Waals surface area contributed by atoms with Crippen LogP contribution in [0.3, 0.4) is 0 Å². The monoisotopic (exact) mass is 437 g/mol. The number of aromatic carboxylic acids is 1. The van der Waals surface area contributed by atoms with Crippen molar-refractivity contribution in [2.45, 2.75) is 32.6 Å². The molecule has 0 spiro atoms. The molecule has 0 saturated heterocycles. The maximum atomic E-state index is 13.3. The molecule has 0 atom stereocenters. The Morgan fingerprint density at radius 2 is 1.57 bits per heavy atom. The van der Waals surface area contributed by atoms with Gasteiger partial charge in [-0.2, -0.15) is 0 Å². The average molecular weight is 438 g/mol. The fourth-order valence-corrected chi connectivity index (χ4v) is 4.80. The molecule has 0 aromatic heterocycles. The highest BCUT2D eigenvalue weighted by atomic mass is 32.2. The molecule has 2 rings (SSSR count). The topological polar surface area (TPSA) is 111 Å². The van der Waals surface area contributed by atoms with Crippen molar-refractivity contribution in [1.82, 2.24) is 0 Å². The summed E-state index contributed by atoms with van der Waals surface area (Å²) in [5, 5.41) is 9.60. The number of ether oxygens (including phenoxy) is 3. The van der Waals surface area contributed by atoms with E-state index in [0.717, 1.165) is 11.1 Å². The number of aryl methyl sites for hydroxylation is 2. The summed E-state index contributed by atoms with van der Waals surface area (Å²) in [6, 6.07) is 4.45. The van der Waals surface area contributed by atoms with E-state index < -0.39 is 16.0 Å². The van der Waals surface area contributed by atoms with Gasteiger partial charge in [-0.1, -0.05) is 6.07 Å². The summed E-state index contributed by atoms with van der Waals surface area (Å²) in [4.78, 5) is 11.9. The molecule has 0 aliphatic carbocycles. The van der Waals surface area contributed by atoms with Gasteiger partial charge in [0.25, 0.3) is 10.0 Å². The van der Waals surface area contributed by atoms with Crippen molar-refractivity contribution < 1.29 is 32.5 Å². The first-order valence-electron chi connectivity index (χ1n) is 9.20. The van der Waals surface area contributed by atoms with Crippen LogP contribution < -0.4 is 14.2 Å². The summed E-state index contributed by atoms with van der Waals surface area (Å²) in [5.41, 5.74) is 2.49. The molecule has 2 N–H and O–H groups in total. The van der Waals surface area contributed by atoms with Crippen LogP contribution in [0, 0.1) is 27.7 Å². The van der Waals surface area contributed by atoms with Crippen LogP contribution in [-0.2, 0) is 14.8 Å². The second-order valence-corrected chi connectivity index (χ2v) is 8.51. The molecule has 0 unspecified atom stereocenters. The number of rotatable bonds is 9. The molecule has 8 nitrogen and oxygen atoms in total. The van der Waals surface area contributed by atoms with Gasteiger partial charge in [-0.25, -0.2) is 13.2 Å². The molecule has 0 amide bonds. The van der Waals surface area contributed by atoms with E-state index in [-0.39, 0.29) is 34.3 Å². The Bertz CT molecular complexity index is 1040. The minimum absolute atomic E-state index is 0.117. The summed E-state index contributed by atoms with van der Waals surface area (Å²) in [6.45, 7) is 7.59. The van der Waals surface area contributed by atoms with Gasteiger partial charge < -0.3 is 19.3 Å². The number of sulfonamides is 1. The van der Waals surface area contributed by atoms with Gasteiger partial charge in [0.05, 0.1) is 29.9 Å². The maximum Gasteiger partial charge on any atom is 0.337 e. The van der Waals surface area contributed by atoms with Gasteiger partial charge in [0.1, 0.15) is 6.61 Å². The van der Waals surface area contributed by atoms with Crippen LogP contribution in [-0.4, -0.2) is 46.9 Å². The highest BCUT2D eigenvalue weighted by Gasteiger charge is 2.26. The number of carboxylic acids is 1. The molecule has 2 aromatic carbocycles. The lowest BCUT2D eigenvalue weighted by Crippen LogP contribution is -2.19. The van der Waals surface area contributed by atoms with Crippen LogP contribution in [0.2, 0.25) is 0 Å². The van der Waals surface area contributed by atoms with Gasteiger partial charge in [0.2, 0.25) is 0 Å². The van der Waals surface area contributed by atoms with Crippen molar-refractivity contribution in [1.29, 1.82) is 0 Å². The van der Waals surface area contributed by atoms with Crippen molar-refractivity contribution in [3.63, 3.8) is 0 Å². The van der Waals surface area contributed by atoms with E-state index in [1.54, 1.807) is 13.8 Å². The van der Waals surface area contributed by atoms with Crippen LogP contribution in [0.25, 0.3) is 0 Å². The second kappa shape index (κ2) is 9.36. The number of carboxylic acid groups (broad SMARTS) is 1. The fraction of sp³-hybridized carbons (Fsp3) is 0.381. The molecular weight excluding hydrogens is 410 g/mol. The molecule has 2 aromatic rings. The smallest absolute Gasteiger partial charge is 0.337 e. The third-order valence-electron chi connectivity index (χ3n) is 4.89. The number of nitrogens with one attached hydrogen (secondary N) is 1. The summed E-state index contributed by atoms with van der Waals surface area (Å²) in [5.74, 6) is -0.931. The first-order chi connectivity index (χ1) is 14.0. The summed E-state index contributed by atoms with van der Waals surface area (Å²) >= 11 is 0. The van der Waals surface area contributed by atoms with Crippen molar-refractivity contribution in [2.75, 3.05) is 32.2 Å². The molecule has 0 fully saturated rings. The largest absolute Gasteiger partial charge is 0.493 e. The van der Waals surface area contributed by atoms with E-state index in [4.69, 9.17) is 14.2 Å². The van der Waals surface area contributed by atoms with Gasteiger partial charge in [0, 0.05) is 19.2 Å². The second-order valence-electron chi connectivity index (χ2n) is 6.89. The number of hydrogen-bond acceptors (Lipinski definition) is 6. The van der Waals surface area contributed by atoms with E-state index in [9.17, 15) is 18.3 Å². The highest BCUT2D eigenvalue weighted by Crippen LogP contribution is 2.36. The molecule has 0 saturated carbocycles. The van der Waals surface area contributed by atoms with Gasteiger partial charge in [-0.3, -0.25) is 4.72 Å². The van der Waals surface area contributed by atoms with E-state index in [1.165, 1.54) is 26.4 Å². The minimum Gasteiger partial charge on any atom is -0.493 e. The first-order valence-corrected chi connectivity index (χ1v) is 10.7.